The van der Waals surface area contributed by atoms with Crippen LogP contribution in [0.25, 0.3) is 0 Å². The maximum atomic E-state index is 10.7. The summed E-state index contributed by atoms with van der Waals surface area (Å²) in [4.78, 5) is 14.8. The molecule has 3 rings (SSSR count). The summed E-state index contributed by atoms with van der Waals surface area (Å²) in [6.45, 7) is 1.44. The molecule has 2 aromatic carbocycles. The second-order valence-electron chi connectivity index (χ2n) is 6.01. The van der Waals surface area contributed by atoms with E-state index < -0.39 is 4.92 Å². The third-order valence-corrected chi connectivity index (χ3v) is 4.44. The molecule has 0 saturated carbocycles. The Morgan fingerprint density at radius 3 is 2.58 bits per heavy atom. The summed E-state index contributed by atoms with van der Waals surface area (Å²) >= 11 is 0. The van der Waals surface area contributed by atoms with E-state index in [-0.39, 0.29) is 11.7 Å². The number of aliphatic imine (C=N–C) groups is 1. The zero-order valence-electron chi connectivity index (χ0n) is 14.8. The lowest BCUT2D eigenvalue weighted by Crippen LogP contribution is -2.31. The van der Waals surface area contributed by atoms with Crippen molar-refractivity contribution in [1.29, 1.82) is 0 Å². The zero-order chi connectivity index (χ0) is 18.5. The summed E-state index contributed by atoms with van der Waals surface area (Å²) in [5.74, 6) is 1.44. The highest BCUT2D eigenvalue weighted by Gasteiger charge is 2.22. The van der Waals surface area contributed by atoms with E-state index in [1.54, 1.807) is 32.6 Å². The molecule has 26 heavy (non-hydrogen) atoms. The van der Waals surface area contributed by atoms with Crippen molar-refractivity contribution in [2.45, 2.75) is 12.5 Å². The number of hydrogen-bond acceptors (Lipinski definition) is 6. The van der Waals surface area contributed by atoms with Gasteiger partial charge in [-0.15, -0.1) is 0 Å². The first-order valence-corrected chi connectivity index (χ1v) is 8.35. The molecular formula is C19H21N3O4. The minimum Gasteiger partial charge on any atom is -0.493 e. The zero-order valence-corrected chi connectivity index (χ0v) is 14.8. The van der Waals surface area contributed by atoms with E-state index in [4.69, 9.17) is 9.47 Å². The molecule has 1 aliphatic heterocycles. The monoisotopic (exact) mass is 355 g/mol. The third kappa shape index (κ3) is 3.83. The van der Waals surface area contributed by atoms with Gasteiger partial charge in [-0.1, -0.05) is 0 Å². The van der Waals surface area contributed by atoms with Gasteiger partial charge in [-0.25, -0.2) is 0 Å². The molecule has 0 amide bonds. The van der Waals surface area contributed by atoms with Crippen LogP contribution >= 0.6 is 0 Å². The highest BCUT2D eigenvalue weighted by molar-refractivity contribution is 5.80. The number of nitrogens with zero attached hydrogens (tertiary/aromatic N) is 2. The molecule has 0 spiro atoms. The Kier molecular flexibility index (Phi) is 5.48. The third-order valence-electron chi connectivity index (χ3n) is 4.44. The van der Waals surface area contributed by atoms with Crippen LogP contribution in [0.5, 0.6) is 11.5 Å². The van der Waals surface area contributed by atoms with Crippen LogP contribution in [0, 0.1) is 10.1 Å². The SMILES string of the molecule is COc1cc2c(cc1OC)C(CN=Cc1ccc([N+](=O)[O-])cc1)NCC2. The molecule has 0 saturated heterocycles. The first-order chi connectivity index (χ1) is 12.6. The van der Waals surface area contributed by atoms with Crippen LogP contribution in [-0.4, -0.2) is 38.4 Å². The Hall–Kier alpha value is -2.93. The lowest BCUT2D eigenvalue weighted by Gasteiger charge is -2.27. The van der Waals surface area contributed by atoms with Gasteiger partial charge in [0.25, 0.3) is 5.69 Å². The van der Waals surface area contributed by atoms with Gasteiger partial charge in [-0.2, -0.15) is 0 Å². The Bertz CT molecular complexity index is 818. The molecule has 1 unspecified atom stereocenters. The molecule has 0 fully saturated rings. The Balaban J connectivity index is 1.74. The lowest BCUT2D eigenvalue weighted by atomic mass is 9.93. The highest BCUT2D eigenvalue weighted by Crippen LogP contribution is 2.35. The number of fused-ring (bicyclic) bond motifs is 1. The van der Waals surface area contributed by atoms with Gasteiger partial charge < -0.3 is 14.8 Å². The molecule has 0 bridgehead atoms. The smallest absolute Gasteiger partial charge is 0.269 e. The van der Waals surface area contributed by atoms with E-state index in [1.165, 1.54) is 17.7 Å². The molecule has 0 aliphatic carbocycles. The van der Waals surface area contributed by atoms with Gasteiger partial charge in [0.2, 0.25) is 0 Å². The average Bonchev–Trinajstić information content (AvgIpc) is 2.67. The van der Waals surface area contributed by atoms with Crippen LogP contribution in [0.3, 0.4) is 0 Å². The van der Waals surface area contributed by atoms with Crippen LogP contribution in [0.1, 0.15) is 22.7 Å². The second-order valence-corrected chi connectivity index (χ2v) is 6.01. The summed E-state index contributed by atoms with van der Waals surface area (Å²) in [7, 11) is 3.26. The molecule has 1 N–H and O–H groups in total. The molecule has 1 aliphatic rings. The number of non-ortho nitro benzene ring substituents is 1. The first kappa shape index (κ1) is 17.9. The van der Waals surface area contributed by atoms with Crippen molar-refractivity contribution in [1.82, 2.24) is 5.32 Å². The van der Waals surface area contributed by atoms with Crippen molar-refractivity contribution < 1.29 is 14.4 Å². The summed E-state index contributed by atoms with van der Waals surface area (Å²) < 4.78 is 10.8. The summed E-state index contributed by atoms with van der Waals surface area (Å²) in [6, 6.07) is 10.5. The van der Waals surface area contributed by atoms with Crippen molar-refractivity contribution in [3.05, 3.63) is 63.2 Å². The van der Waals surface area contributed by atoms with E-state index in [0.29, 0.717) is 12.3 Å². The molecule has 7 nitrogen and oxygen atoms in total. The minimum atomic E-state index is -0.411. The number of nitro groups is 1. The number of hydrogen-bond donors (Lipinski definition) is 1. The lowest BCUT2D eigenvalue weighted by molar-refractivity contribution is -0.384. The number of benzene rings is 2. The van der Waals surface area contributed by atoms with E-state index in [0.717, 1.165) is 29.8 Å². The molecule has 2 aromatic rings. The van der Waals surface area contributed by atoms with Crippen molar-refractivity contribution in [3.63, 3.8) is 0 Å². The highest BCUT2D eigenvalue weighted by atomic mass is 16.6. The number of methoxy groups -OCH3 is 2. The predicted molar refractivity (Wildman–Crippen MR) is 99.6 cm³/mol. The minimum absolute atomic E-state index is 0.0751. The van der Waals surface area contributed by atoms with Gasteiger partial charge in [0.15, 0.2) is 11.5 Å². The number of nitro benzene ring substituents is 1. The van der Waals surface area contributed by atoms with Crippen LogP contribution in [0.4, 0.5) is 5.69 Å². The fraction of sp³-hybridized carbons (Fsp3) is 0.316. The van der Waals surface area contributed by atoms with Crippen LogP contribution in [0.2, 0.25) is 0 Å². The van der Waals surface area contributed by atoms with Crippen molar-refractivity contribution >= 4 is 11.9 Å². The van der Waals surface area contributed by atoms with Crippen LogP contribution in [0.15, 0.2) is 41.4 Å². The molecule has 0 radical (unpaired) electrons. The molecule has 1 heterocycles. The summed E-state index contributed by atoms with van der Waals surface area (Å²) in [6.07, 6.45) is 2.67. The van der Waals surface area contributed by atoms with E-state index in [2.05, 4.69) is 10.3 Å². The molecule has 0 aromatic heterocycles. The van der Waals surface area contributed by atoms with Crippen molar-refractivity contribution in [2.75, 3.05) is 27.3 Å². The quantitative estimate of drug-likeness (QED) is 0.489. The predicted octanol–water partition coefficient (Wildman–Crippen LogP) is 2.92. The topological polar surface area (TPSA) is 86.0 Å². The van der Waals surface area contributed by atoms with Crippen LogP contribution < -0.4 is 14.8 Å². The van der Waals surface area contributed by atoms with Gasteiger partial charge in [0.1, 0.15) is 0 Å². The van der Waals surface area contributed by atoms with E-state index in [1.807, 2.05) is 12.1 Å². The summed E-state index contributed by atoms with van der Waals surface area (Å²) in [5, 5.41) is 14.2. The van der Waals surface area contributed by atoms with E-state index in [9.17, 15) is 10.1 Å². The van der Waals surface area contributed by atoms with Crippen molar-refractivity contribution in [3.8, 4) is 11.5 Å². The van der Waals surface area contributed by atoms with Crippen molar-refractivity contribution in [2.24, 2.45) is 4.99 Å². The average molecular weight is 355 g/mol. The van der Waals surface area contributed by atoms with E-state index >= 15 is 0 Å². The van der Waals surface area contributed by atoms with Gasteiger partial charge in [0, 0.05) is 18.3 Å². The molecule has 136 valence electrons. The maximum absolute atomic E-state index is 10.7. The summed E-state index contributed by atoms with van der Waals surface area (Å²) in [5.41, 5.74) is 3.30. The largest absolute Gasteiger partial charge is 0.493 e. The first-order valence-electron chi connectivity index (χ1n) is 8.35. The van der Waals surface area contributed by atoms with Gasteiger partial charge in [0.05, 0.1) is 31.7 Å². The van der Waals surface area contributed by atoms with Gasteiger partial charge >= 0.3 is 0 Å². The number of rotatable bonds is 6. The number of ether oxygens (including phenoxy) is 2. The Morgan fingerprint density at radius 2 is 1.92 bits per heavy atom. The normalized spacial score (nSPS) is 16.3. The standard InChI is InChI=1S/C19H21N3O4/c1-25-18-9-14-7-8-21-17(16(14)10-19(18)26-2)12-20-11-13-3-5-15(6-4-13)22(23)24/h3-6,9-11,17,21H,7-8,12H2,1-2H3. The van der Waals surface area contributed by atoms with Crippen LogP contribution in [-0.2, 0) is 6.42 Å². The van der Waals surface area contributed by atoms with Gasteiger partial charge in [-0.05, 0) is 53.9 Å². The maximum Gasteiger partial charge on any atom is 0.269 e. The molecule has 7 heteroatoms. The molecule has 1 atom stereocenters. The molecular weight excluding hydrogens is 334 g/mol. The fourth-order valence-electron chi connectivity index (χ4n) is 3.08. The Labute approximate surface area is 151 Å². The second kappa shape index (κ2) is 7.97. The fourth-order valence-corrected chi connectivity index (χ4v) is 3.08. The Morgan fingerprint density at radius 1 is 1.23 bits per heavy atom. The van der Waals surface area contributed by atoms with Gasteiger partial charge in [-0.3, -0.25) is 15.1 Å². The number of nitrogens with one attached hydrogen (secondary N) is 1.